The molecule has 2 amide bonds. The number of piperazine rings is 1. The topological polar surface area (TPSA) is 44.8 Å². The van der Waals surface area contributed by atoms with Gasteiger partial charge in [0, 0.05) is 37.6 Å². The molecular weight excluding hydrogens is 326 g/mol. The number of urea groups is 1. The van der Waals surface area contributed by atoms with E-state index in [9.17, 15) is 4.79 Å². The zero-order valence-corrected chi connectivity index (χ0v) is 15.7. The van der Waals surface area contributed by atoms with Crippen molar-refractivity contribution >= 4 is 17.4 Å². The largest absolute Gasteiger partial charge is 0.497 e. The molecule has 2 aromatic carbocycles. The van der Waals surface area contributed by atoms with E-state index in [-0.39, 0.29) is 6.03 Å². The first-order chi connectivity index (χ1) is 12.6. The number of nitrogens with zero attached hydrogens (tertiary/aromatic N) is 2. The fourth-order valence-electron chi connectivity index (χ4n) is 3.11. The highest BCUT2D eigenvalue weighted by atomic mass is 16.5. The lowest BCUT2D eigenvalue weighted by molar-refractivity contribution is 0.208. The Balaban J connectivity index is 1.53. The molecule has 1 saturated heterocycles. The molecule has 0 aromatic heterocycles. The van der Waals surface area contributed by atoms with Crippen LogP contribution in [0.2, 0.25) is 0 Å². The summed E-state index contributed by atoms with van der Waals surface area (Å²) in [6, 6.07) is 16.1. The van der Waals surface area contributed by atoms with E-state index in [1.807, 2.05) is 29.2 Å². The summed E-state index contributed by atoms with van der Waals surface area (Å²) in [6.07, 6.45) is 0. The second-order valence-corrected chi connectivity index (χ2v) is 6.88. The predicted molar refractivity (Wildman–Crippen MR) is 106 cm³/mol. The second-order valence-electron chi connectivity index (χ2n) is 6.88. The molecule has 0 unspecified atom stereocenters. The van der Waals surface area contributed by atoms with Gasteiger partial charge in [0.25, 0.3) is 0 Å². The van der Waals surface area contributed by atoms with E-state index in [0.717, 1.165) is 24.5 Å². The van der Waals surface area contributed by atoms with Crippen molar-refractivity contribution < 1.29 is 9.53 Å². The van der Waals surface area contributed by atoms with E-state index in [2.05, 4.69) is 48.3 Å². The van der Waals surface area contributed by atoms with E-state index < -0.39 is 0 Å². The van der Waals surface area contributed by atoms with Crippen LogP contribution in [0.3, 0.4) is 0 Å². The maximum absolute atomic E-state index is 12.4. The highest BCUT2D eigenvalue weighted by molar-refractivity contribution is 5.89. The highest BCUT2D eigenvalue weighted by Gasteiger charge is 2.21. The summed E-state index contributed by atoms with van der Waals surface area (Å²) in [5.41, 5.74) is 3.36. The Morgan fingerprint density at radius 2 is 1.58 bits per heavy atom. The minimum absolute atomic E-state index is 0.0510. The zero-order chi connectivity index (χ0) is 18.5. The molecule has 0 aliphatic carbocycles. The van der Waals surface area contributed by atoms with E-state index in [1.165, 1.54) is 11.3 Å². The van der Waals surface area contributed by atoms with Crippen molar-refractivity contribution in [1.82, 2.24) is 4.90 Å². The molecule has 0 spiro atoms. The van der Waals surface area contributed by atoms with Gasteiger partial charge in [0.1, 0.15) is 5.75 Å². The molecular formula is C21H27N3O2. The lowest BCUT2D eigenvalue weighted by Crippen LogP contribution is -2.50. The first-order valence-corrected chi connectivity index (χ1v) is 9.11. The number of ether oxygens (including phenoxy) is 1. The van der Waals surface area contributed by atoms with Gasteiger partial charge in [-0.3, -0.25) is 0 Å². The van der Waals surface area contributed by atoms with Crippen LogP contribution in [0, 0.1) is 0 Å². The Bertz CT molecular complexity index is 718. The van der Waals surface area contributed by atoms with Crippen LogP contribution in [0.25, 0.3) is 0 Å². The minimum Gasteiger partial charge on any atom is -0.497 e. The molecule has 0 radical (unpaired) electrons. The monoisotopic (exact) mass is 353 g/mol. The smallest absolute Gasteiger partial charge is 0.321 e. The second kappa shape index (κ2) is 8.13. The molecule has 1 fully saturated rings. The predicted octanol–water partition coefficient (Wildman–Crippen LogP) is 4.17. The maximum Gasteiger partial charge on any atom is 0.321 e. The third kappa shape index (κ3) is 4.28. The van der Waals surface area contributed by atoms with Gasteiger partial charge in [-0.05, 0) is 47.9 Å². The number of anilines is 2. The third-order valence-corrected chi connectivity index (χ3v) is 4.83. The molecule has 3 rings (SSSR count). The summed E-state index contributed by atoms with van der Waals surface area (Å²) in [4.78, 5) is 16.6. The molecule has 138 valence electrons. The van der Waals surface area contributed by atoms with Crippen molar-refractivity contribution in [2.75, 3.05) is 43.5 Å². The SMILES string of the molecule is COc1ccc(NC(=O)N2CCN(c3ccc(C(C)C)cc3)CC2)cc1. The summed E-state index contributed by atoms with van der Waals surface area (Å²) in [7, 11) is 1.63. The number of benzene rings is 2. The average Bonchev–Trinajstić information content (AvgIpc) is 2.69. The molecule has 0 atom stereocenters. The molecule has 1 heterocycles. The van der Waals surface area contributed by atoms with E-state index >= 15 is 0 Å². The van der Waals surface area contributed by atoms with Gasteiger partial charge in [0.15, 0.2) is 0 Å². The minimum atomic E-state index is -0.0510. The normalized spacial score (nSPS) is 14.5. The van der Waals surface area contributed by atoms with Crippen molar-refractivity contribution in [2.24, 2.45) is 0 Å². The van der Waals surface area contributed by atoms with Crippen molar-refractivity contribution in [3.05, 3.63) is 54.1 Å². The molecule has 5 nitrogen and oxygen atoms in total. The zero-order valence-electron chi connectivity index (χ0n) is 15.7. The fraction of sp³-hybridized carbons (Fsp3) is 0.381. The summed E-state index contributed by atoms with van der Waals surface area (Å²) in [6.45, 7) is 7.53. The molecule has 1 aliphatic rings. The van der Waals surface area contributed by atoms with E-state index in [4.69, 9.17) is 4.74 Å². The Hall–Kier alpha value is -2.69. The number of hydrogen-bond donors (Lipinski definition) is 1. The molecule has 5 heteroatoms. The van der Waals surface area contributed by atoms with Gasteiger partial charge in [-0.1, -0.05) is 26.0 Å². The first kappa shape index (κ1) is 18.1. The van der Waals surface area contributed by atoms with Crippen LogP contribution in [0.1, 0.15) is 25.3 Å². The van der Waals surface area contributed by atoms with Crippen LogP contribution >= 0.6 is 0 Å². The Kier molecular flexibility index (Phi) is 5.66. The van der Waals surface area contributed by atoms with Crippen LogP contribution in [0.15, 0.2) is 48.5 Å². The molecule has 0 bridgehead atoms. The molecule has 1 N–H and O–H groups in total. The Morgan fingerprint density at radius 3 is 2.12 bits per heavy atom. The van der Waals surface area contributed by atoms with Crippen LogP contribution in [-0.2, 0) is 0 Å². The van der Waals surface area contributed by atoms with Gasteiger partial charge in [0.05, 0.1) is 7.11 Å². The van der Waals surface area contributed by atoms with Crippen molar-refractivity contribution in [3.8, 4) is 5.75 Å². The van der Waals surface area contributed by atoms with Crippen molar-refractivity contribution in [1.29, 1.82) is 0 Å². The number of methoxy groups -OCH3 is 1. The van der Waals surface area contributed by atoms with E-state index in [0.29, 0.717) is 19.0 Å². The van der Waals surface area contributed by atoms with E-state index in [1.54, 1.807) is 7.11 Å². The van der Waals surface area contributed by atoms with Crippen LogP contribution < -0.4 is 15.0 Å². The Morgan fingerprint density at radius 1 is 0.962 bits per heavy atom. The molecule has 0 saturated carbocycles. The number of carbonyl (C=O) groups excluding carboxylic acids is 1. The first-order valence-electron chi connectivity index (χ1n) is 9.11. The third-order valence-electron chi connectivity index (χ3n) is 4.83. The number of nitrogens with one attached hydrogen (secondary N) is 1. The van der Waals surface area contributed by atoms with Gasteiger partial charge in [-0.15, -0.1) is 0 Å². The summed E-state index contributed by atoms with van der Waals surface area (Å²) >= 11 is 0. The molecule has 26 heavy (non-hydrogen) atoms. The lowest BCUT2D eigenvalue weighted by atomic mass is 10.0. The molecule has 2 aromatic rings. The number of carbonyl (C=O) groups is 1. The summed E-state index contributed by atoms with van der Waals surface area (Å²) in [5.74, 6) is 1.32. The molecule has 1 aliphatic heterocycles. The summed E-state index contributed by atoms with van der Waals surface area (Å²) in [5, 5.41) is 2.95. The standard InChI is InChI=1S/C21H27N3O2/c1-16(2)17-4-8-19(9-5-17)23-12-14-24(15-13-23)21(25)22-18-6-10-20(26-3)11-7-18/h4-11,16H,12-15H2,1-3H3,(H,22,25). The quantitative estimate of drug-likeness (QED) is 0.897. The highest BCUT2D eigenvalue weighted by Crippen LogP contribution is 2.21. The fourth-order valence-corrected chi connectivity index (χ4v) is 3.11. The van der Waals surface area contributed by atoms with Gasteiger partial charge in [0.2, 0.25) is 0 Å². The van der Waals surface area contributed by atoms with Gasteiger partial charge in [-0.25, -0.2) is 4.79 Å². The van der Waals surface area contributed by atoms with Crippen LogP contribution in [0.5, 0.6) is 5.75 Å². The lowest BCUT2D eigenvalue weighted by Gasteiger charge is -2.36. The van der Waals surface area contributed by atoms with Crippen molar-refractivity contribution in [2.45, 2.75) is 19.8 Å². The number of hydrogen-bond acceptors (Lipinski definition) is 3. The maximum atomic E-state index is 12.4. The summed E-state index contributed by atoms with van der Waals surface area (Å²) < 4.78 is 5.14. The number of amides is 2. The number of rotatable bonds is 4. The van der Waals surface area contributed by atoms with Gasteiger partial charge >= 0.3 is 6.03 Å². The van der Waals surface area contributed by atoms with Crippen LogP contribution in [0.4, 0.5) is 16.2 Å². The van der Waals surface area contributed by atoms with Gasteiger partial charge < -0.3 is 19.9 Å². The van der Waals surface area contributed by atoms with Gasteiger partial charge in [-0.2, -0.15) is 0 Å². The van der Waals surface area contributed by atoms with Crippen molar-refractivity contribution in [3.63, 3.8) is 0 Å². The Labute approximate surface area is 155 Å². The average molecular weight is 353 g/mol. The van der Waals surface area contributed by atoms with Crippen LogP contribution in [-0.4, -0.2) is 44.2 Å².